The molecule has 4 rings (SSSR count). The Bertz CT molecular complexity index is 640. The van der Waals surface area contributed by atoms with Crippen LogP contribution in [0.15, 0.2) is 18.2 Å². The first-order chi connectivity index (χ1) is 11.5. The van der Waals surface area contributed by atoms with Crippen LogP contribution in [0.25, 0.3) is 5.57 Å². The van der Waals surface area contributed by atoms with E-state index in [1.54, 1.807) is 0 Å². The molecule has 0 radical (unpaired) electrons. The van der Waals surface area contributed by atoms with Crippen molar-refractivity contribution in [2.75, 3.05) is 18.9 Å². The lowest BCUT2D eigenvalue weighted by Gasteiger charge is -2.40. The minimum absolute atomic E-state index is 0.405. The molecule has 3 N–H and O–H groups in total. The van der Waals surface area contributed by atoms with Crippen LogP contribution in [0.2, 0.25) is 0 Å². The highest BCUT2D eigenvalue weighted by atomic mass is 16.5. The van der Waals surface area contributed by atoms with Crippen molar-refractivity contribution in [1.29, 1.82) is 0 Å². The number of piperidine rings is 1. The minimum atomic E-state index is 0.405. The summed E-state index contributed by atoms with van der Waals surface area (Å²) in [6, 6.07) is 5.14. The number of rotatable bonds is 2. The van der Waals surface area contributed by atoms with Crippen LogP contribution in [0.3, 0.4) is 0 Å². The summed E-state index contributed by atoms with van der Waals surface area (Å²) < 4.78 is 5.67. The Morgan fingerprint density at radius 2 is 1.96 bits per heavy atom. The maximum atomic E-state index is 6.27. The molecular weight excluding hydrogens is 298 g/mol. The summed E-state index contributed by atoms with van der Waals surface area (Å²) in [6.45, 7) is 6.33. The lowest BCUT2D eigenvalue weighted by Crippen LogP contribution is -2.53. The van der Waals surface area contributed by atoms with Gasteiger partial charge < -0.3 is 15.8 Å². The molecule has 0 aromatic carbocycles. The molecule has 130 valence electrons. The number of nitrogens with zero attached hydrogens (tertiary/aromatic N) is 1. The van der Waals surface area contributed by atoms with Crippen molar-refractivity contribution in [2.24, 2.45) is 5.41 Å². The van der Waals surface area contributed by atoms with Crippen LogP contribution in [0.4, 0.5) is 5.69 Å². The van der Waals surface area contributed by atoms with Gasteiger partial charge in [0.2, 0.25) is 0 Å². The predicted octanol–water partition coefficient (Wildman–Crippen LogP) is 3.49. The number of ether oxygens (including phenoxy) is 1. The fourth-order valence-corrected chi connectivity index (χ4v) is 4.34. The number of aromatic nitrogens is 1. The number of nitrogen functional groups attached to an aromatic ring is 1. The normalized spacial score (nSPS) is 32.2. The fraction of sp³-hybridized carbons (Fsp3) is 0.650. The molecule has 2 fully saturated rings. The molecule has 1 aromatic heterocycles. The molecule has 2 unspecified atom stereocenters. The number of fused-ring (bicyclic) bond motifs is 2. The van der Waals surface area contributed by atoms with Crippen LogP contribution in [0, 0.1) is 5.41 Å². The standard InChI is InChI=1S/C20H29N3O/c1-20(2)7-5-13(6-8-20)19-17(21)3-4-18(23-19)14-9-15-11-24-12-16(10-14)22-15/h3-5,14-16,22H,6-12,21H2,1-2H3. The van der Waals surface area contributed by atoms with Gasteiger partial charge in [-0.25, -0.2) is 0 Å². The summed E-state index contributed by atoms with van der Waals surface area (Å²) in [5.41, 5.74) is 11.1. The van der Waals surface area contributed by atoms with E-state index >= 15 is 0 Å². The van der Waals surface area contributed by atoms with Crippen molar-refractivity contribution >= 4 is 11.3 Å². The van der Waals surface area contributed by atoms with Gasteiger partial charge in [0.05, 0.1) is 24.6 Å². The van der Waals surface area contributed by atoms with Gasteiger partial charge in [0.25, 0.3) is 0 Å². The number of nitrogens with two attached hydrogens (primary N) is 1. The number of allylic oxidation sites excluding steroid dienone is 2. The molecule has 0 spiro atoms. The third kappa shape index (κ3) is 3.22. The van der Waals surface area contributed by atoms with Crippen LogP contribution in [0.1, 0.15) is 63.3 Å². The van der Waals surface area contributed by atoms with Crippen molar-refractivity contribution in [2.45, 2.75) is 64.0 Å². The summed E-state index contributed by atoms with van der Waals surface area (Å²) in [4.78, 5) is 5.03. The van der Waals surface area contributed by atoms with E-state index in [0.29, 0.717) is 23.4 Å². The van der Waals surface area contributed by atoms with Crippen LogP contribution in [0.5, 0.6) is 0 Å². The van der Waals surface area contributed by atoms with E-state index in [4.69, 9.17) is 15.5 Å². The lowest BCUT2D eigenvalue weighted by molar-refractivity contribution is 0.0176. The van der Waals surface area contributed by atoms with Gasteiger partial charge in [0.15, 0.2) is 0 Å². The molecule has 4 nitrogen and oxygen atoms in total. The number of morpholine rings is 1. The van der Waals surface area contributed by atoms with Crippen molar-refractivity contribution in [3.05, 3.63) is 29.6 Å². The lowest BCUT2D eigenvalue weighted by atomic mass is 9.77. The number of hydrogen-bond donors (Lipinski definition) is 2. The summed E-state index contributed by atoms with van der Waals surface area (Å²) in [5, 5.41) is 3.66. The molecule has 2 bridgehead atoms. The molecule has 0 saturated carbocycles. The molecule has 3 heterocycles. The third-order valence-electron chi connectivity index (χ3n) is 5.89. The Morgan fingerprint density at radius 3 is 2.62 bits per heavy atom. The smallest absolute Gasteiger partial charge is 0.0891 e. The van der Waals surface area contributed by atoms with Gasteiger partial charge in [0, 0.05) is 23.7 Å². The number of nitrogens with one attached hydrogen (secondary N) is 1. The van der Waals surface area contributed by atoms with Crippen molar-refractivity contribution in [3.63, 3.8) is 0 Å². The van der Waals surface area contributed by atoms with E-state index in [9.17, 15) is 0 Å². The SMILES string of the molecule is CC1(C)CC=C(c2nc(C3CC4COCC(C3)N4)ccc2N)CC1. The summed E-state index contributed by atoms with van der Waals surface area (Å²) >= 11 is 0. The van der Waals surface area contributed by atoms with Gasteiger partial charge in [-0.1, -0.05) is 19.9 Å². The zero-order chi connectivity index (χ0) is 16.7. The third-order valence-corrected chi connectivity index (χ3v) is 5.89. The van der Waals surface area contributed by atoms with Crippen LogP contribution in [-0.4, -0.2) is 30.3 Å². The molecule has 2 aliphatic heterocycles. The van der Waals surface area contributed by atoms with E-state index in [2.05, 4.69) is 37.4 Å². The quantitative estimate of drug-likeness (QED) is 0.873. The first kappa shape index (κ1) is 16.1. The largest absolute Gasteiger partial charge is 0.397 e. The van der Waals surface area contributed by atoms with Gasteiger partial charge >= 0.3 is 0 Å². The van der Waals surface area contributed by atoms with Crippen molar-refractivity contribution in [3.8, 4) is 0 Å². The molecular formula is C20H29N3O. The number of anilines is 1. The highest BCUT2D eigenvalue weighted by Crippen LogP contribution is 2.39. The van der Waals surface area contributed by atoms with E-state index in [0.717, 1.165) is 50.3 Å². The van der Waals surface area contributed by atoms with Gasteiger partial charge in [-0.15, -0.1) is 0 Å². The van der Waals surface area contributed by atoms with Gasteiger partial charge in [-0.05, 0) is 55.2 Å². The topological polar surface area (TPSA) is 60.2 Å². The first-order valence-electron chi connectivity index (χ1n) is 9.30. The van der Waals surface area contributed by atoms with E-state index < -0.39 is 0 Å². The van der Waals surface area contributed by atoms with Crippen LogP contribution >= 0.6 is 0 Å². The monoisotopic (exact) mass is 327 g/mol. The highest BCUT2D eigenvalue weighted by Gasteiger charge is 2.33. The number of pyridine rings is 1. The van der Waals surface area contributed by atoms with E-state index in [1.165, 1.54) is 17.7 Å². The maximum Gasteiger partial charge on any atom is 0.0891 e. The number of hydrogen-bond acceptors (Lipinski definition) is 4. The zero-order valence-electron chi connectivity index (χ0n) is 14.8. The molecule has 4 heteroatoms. The first-order valence-corrected chi connectivity index (χ1v) is 9.30. The highest BCUT2D eigenvalue weighted by molar-refractivity contribution is 5.72. The summed E-state index contributed by atoms with van der Waals surface area (Å²) in [5.74, 6) is 0.519. The molecule has 2 saturated heterocycles. The predicted molar refractivity (Wildman–Crippen MR) is 97.8 cm³/mol. The Hall–Kier alpha value is -1.39. The van der Waals surface area contributed by atoms with Gasteiger partial charge in [0.1, 0.15) is 0 Å². The fourth-order valence-electron chi connectivity index (χ4n) is 4.34. The molecule has 1 aliphatic carbocycles. The second-order valence-corrected chi connectivity index (χ2v) is 8.54. The average molecular weight is 327 g/mol. The van der Waals surface area contributed by atoms with Gasteiger partial charge in [-0.2, -0.15) is 0 Å². The van der Waals surface area contributed by atoms with Crippen LogP contribution in [-0.2, 0) is 4.74 Å². The molecule has 1 aromatic rings. The second-order valence-electron chi connectivity index (χ2n) is 8.54. The van der Waals surface area contributed by atoms with E-state index in [-0.39, 0.29) is 0 Å². The van der Waals surface area contributed by atoms with Crippen molar-refractivity contribution < 1.29 is 4.74 Å². The molecule has 3 aliphatic rings. The van der Waals surface area contributed by atoms with Crippen molar-refractivity contribution in [1.82, 2.24) is 10.3 Å². The minimum Gasteiger partial charge on any atom is -0.397 e. The maximum absolute atomic E-state index is 6.27. The summed E-state index contributed by atoms with van der Waals surface area (Å²) in [7, 11) is 0. The molecule has 0 amide bonds. The average Bonchev–Trinajstić information content (AvgIpc) is 2.55. The molecule has 2 atom stereocenters. The van der Waals surface area contributed by atoms with Crippen LogP contribution < -0.4 is 11.1 Å². The Kier molecular flexibility index (Phi) is 4.13. The Labute approximate surface area is 144 Å². The molecule has 24 heavy (non-hydrogen) atoms. The Balaban J connectivity index is 1.59. The zero-order valence-corrected chi connectivity index (χ0v) is 14.8. The second kappa shape index (κ2) is 6.16. The van der Waals surface area contributed by atoms with Gasteiger partial charge in [-0.3, -0.25) is 4.98 Å². The van der Waals surface area contributed by atoms with E-state index in [1.807, 2.05) is 0 Å². The summed E-state index contributed by atoms with van der Waals surface area (Å²) in [6.07, 6.45) is 7.98. The Morgan fingerprint density at radius 1 is 1.21 bits per heavy atom.